The van der Waals surface area contributed by atoms with Crippen LogP contribution in [0.3, 0.4) is 0 Å². The van der Waals surface area contributed by atoms with Crippen LogP contribution >= 0.6 is 11.3 Å². The van der Waals surface area contributed by atoms with E-state index < -0.39 is 17.7 Å². The highest BCUT2D eigenvalue weighted by Crippen LogP contribution is 2.45. The molecule has 1 aliphatic rings. The molecule has 6 rings (SSSR count). The van der Waals surface area contributed by atoms with E-state index in [-0.39, 0.29) is 11.3 Å². The molecular formula is C37H34N2O5S. The summed E-state index contributed by atoms with van der Waals surface area (Å²) in [5.41, 5.74) is 4.92. The van der Waals surface area contributed by atoms with Crippen LogP contribution in [0, 0.1) is 13.8 Å². The van der Waals surface area contributed by atoms with E-state index in [1.54, 1.807) is 18.2 Å². The third kappa shape index (κ3) is 6.19. The van der Waals surface area contributed by atoms with Crippen LogP contribution in [0.5, 0.6) is 11.5 Å². The quantitative estimate of drug-likeness (QED) is 0.0733. The Bertz CT molecular complexity index is 1900. The fourth-order valence-corrected chi connectivity index (χ4v) is 6.69. The Balaban J connectivity index is 1.42. The molecule has 1 aliphatic heterocycles. The van der Waals surface area contributed by atoms with Crippen molar-refractivity contribution in [3.05, 3.63) is 124 Å². The highest BCUT2D eigenvalue weighted by atomic mass is 32.1. The normalized spacial score (nSPS) is 16.0. The second-order valence-corrected chi connectivity index (χ2v) is 12.2. The lowest BCUT2D eigenvalue weighted by Gasteiger charge is -2.23. The van der Waals surface area contributed by atoms with Gasteiger partial charge in [0.15, 0.2) is 5.13 Å². The van der Waals surface area contributed by atoms with Gasteiger partial charge in [0.1, 0.15) is 23.9 Å². The summed E-state index contributed by atoms with van der Waals surface area (Å²) in [5, 5.41) is 12.1. The minimum absolute atomic E-state index is 0.00387. The average molecular weight is 619 g/mol. The molecule has 0 aliphatic carbocycles. The summed E-state index contributed by atoms with van der Waals surface area (Å²) in [4.78, 5) is 33.8. The minimum Gasteiger partial charge on any atom is -0.507 e. The highest BCUT2D eigenvalue weighted by Gasteiger charge is 2.48. The van der Waals surface area contributed by atoms with Crippen LogP contribution in [0.1, 0.15) is 53.6 Å². The van der Waals surface area contributed by atoms with Gasteiger partial charge < -0.3 is 14.6 Å². The smallest absolute Gasteiger partial charge is 0.301 e. The summed E-state index contributed by atoms with van der Waals surface area (Å²) in [5.74, 6) is -0.557. The van der Waals surface area contributed by atoms with Crippen LogP contribution in [0.4, 0.5) is 5.13 Å². The van der Waals surface area contributed by atoms with Gasteiger partial charge in [0.25, 0.3) is 5.78 Å². The lowest BCUT2D eigenvalue weighted by Crippen LogP contribution is -2.29. The fourth-order valence-electron chi connectivity index (χ4n) is 5.52. The van der Waals surface area contributed by atoms with Crippen molar-refractivity contribution >= 4 is 44.1 Å². The van der Waals surface area contributed by atoms with Crippen molar-refractivity contribution in [1.29, 1.82) is 0 Å². The molecule has 4 aromatic carbocycles. The number of unbranched alkanes of at least 4 members (excludes halogenated alkanes) is 1. The molecule has 1 atom stereocenters. The number of benzene rings is 4. The van der Waals surface area contributed by atoms with Gasteiger partial charge in [-0.1, -0.05) is 85.3 Å². The van der Waals surface area contributed by atoms with Crippen LogP contribution in [0.2, 0.25) is 0 Å². The van der Waals surface area contributed by atoms with Gasteiger partial charge in [-0.15, -0.1) is 0 Å². The van der Waals surface area contributed by atoms with E-state index in [2.05, 4.69) is 6.92 Å². The number of anilines is 1. The Labute approximate surface area is 266 Å². The first kappa shape index (κ1) is 30.1. The zero-order chi connectivity index (χ0) is 31.5. The largest absolute Gasteiger partial charge is 0.507 e. The van der Waals surface area contributed by atoms with E-state index in [4.69, 9.17) is 14.5 Å². The predicted molar refractivity (Wildman–Crippen MR) is 178 cm³/mol. The van der Waals surface area contributed by atoms with E-state index in [9.17, 15) is 14.7 Å². The SMILES string of the molecule is CCCCOc1cccc(C(O)=C2C(=O)C(=O)N(c3nc4c(C)cc(C)cc4s3)C2c2ccc(OCc3ccccc3)cc2)c1. The molecule has 0 radical (unpaired) electrons. The third-order valence-electron chi connectivity index (χ3n) is 7.79. The summed E-state index contributed by atoms with van der Waals surface area (Å²) in [6.07, 6.45) is 1.89. The Hall–Kier alpha value is -4.95. The van der Waals surface area contributed by atoms with E-state index in [0.717, 1.165) is 39.7 Å². The Morgan fingerprint density at radius 3 is 2.44 bits per heavy atom. The number of fused-ring (bicyclic) bond motifs is 1. The van der Waals surface area contributed by atoms with E-state index in [1.165, 1.54) is 16.2 Å². The number of ether oxygens (including phenoxy) is 2. The Morgan fingerprint density at radius 2 is 1.69 bits per heavy atom. The van der Waals surface area contributed by atoms with Crippen LogP contribution < -0.4 is 14.4 Å². The van der Waals surface area contributed by atoms with Crippen molar-refractivity contribution in [3.63, 3.8) is 0 Å². The van der Waals surface area contributed by atoms with Gasteiger partial charge in [-0.2, -0.15) is 0 Å². The van der Waals surface area contributed by atoms with Gasteiger partial charge in [-0.25, -0.2) is 4.98 Å². The first-order valence-electron chi connectivity index (χ1n) is 15.0. The summed E-state index contributed by atoms with van der Waals surface area (Å²) in [7, 11) is 0. The van der Waals surface area contributed by atoms with E-state index >= 15 is 0 Å². The molecule has 0 bridgehead atoms. The van der Waals surface area contributed by atoms with Crippen molar-refractivity contribution in [1.82, 2.24) is 4.98 Å². The number of nitrogens with zero attached hydrogens (tertiary/aromatic N) is 2. The lowest BCUT2D eigenvalue weighted by molar-refractivity contribution is -0.132. The molecule has 1 saturated heterocycles. The minimum atomic E-state index is -0.903. The molecule has 7 nitrogen and oxygen atoms in total. The monoisotopic (exact) mass is 618 g/mol. The lowest BCUT2D eigenvalue weighted by atomic mass is 9.95. The number of thiazole rings is 1. The molecule has 0 spiro atoms. The summed E-state index contributed by atoms with van der Waals surface area (Å²) in [6.45, 7) is 7.02. The number of carbonyl (C=O) groups is 2. The molecule has 1 aromatic heterocycles. The van der Waals surface area contributed by atoms with Crippen molar-refractivity contribution in [2.75, 3.05) is 11.5 Å². The maximum Gasteiger partial charge on any atom is 0.301 e. The standard InChI is InChI=1S/C37H34N2O5S/c1-4-5-18-43-29-13-9-12-27(21-29)34(40)31-33(26-14-16-28(17-15-26)44-22-25-10-7-6-8-11-25)39(36(42)35(31)41)37-38-32-24(3)19-23(2)20-30(32)45-37/h6-17,19-21,33,40H,4-5,18,22H2,1-3H3. The number of aromatic nitrogens is 1. The third-order valence-corrected chi connectivity index (χ3v) is 8.79. The average Bonchev–Trinajstić information content (AvgIpc) is 3.59. The number of aliphatic hydroxyl groups is 1. The summed E-state index contributed by atoms with van der Waals surface area (Å²) in [6, 6.07) is 27.3. The highest BCUT2D eigenvalue weighted by molar-refractivity contribution is 7.22. The topological polar surface area (TPSA) is 89.0 Å². The first-order valence-corrected chi connectivity index (χ1v) is 15.8. The van der Waals surface area contributed by atoms with Crippen LogP contribution in [0.25, 0.3) is 16.0 Å². The molecule has 1 N–H and O–H groups in total. The summed E-state index contributed by atoms with van der Waals surface area (Å²) < 4.78 is 12.8. The molecule has 1 unspecified atom stereocenters. The van der Waals surface area contributed by atoms with Gasteiger partial charge in [-0.3, -0.25) is 14.5 Å². The van der Waals surface area contributed by atoms with Gasteiger partial charge in [-0.05, 0) is 72.9 Å². The van der Waals surface area contributed by atoms with Gasteiger partial charge in [0, 0.05) is 5.56 Å². The molecule has 1 fully saturated rings. The summed E-state index contributed by atoms with van der Waals surface area (Å²) >= 11 is 1.35. The van der Waals surface area contributed by atoms with Gasteiger partial charge in [0.05, 0.1) is 28.4 Å². The van der Waals surface area contributed by atoms with Crippen molar-refractivity contribution in [2.24, 2.45) is 0 Å². The number of rotatable bonds is 10. The number of aryl methyl sites for hydroxylation is 2. The van der Waals surface area contributed by atoms with E-state index in [1.807, 2.05) is 86.6 Å². The number of amides is 1. The van der Waals surface area contributed by atoms with Crippen molar-refractivity contribution in [3.8, 4) is 11.5 Å². The van der Waals surface area contributed by atoms with Crippen LogP contribution in [0.15, 0.2) is 96.6 Å². The maximum atomic E-state index is 13.8. The van der Waals surface area contributed by atoms with Crippen molar-refractivity contribution < 1.29 is 24.2 Å². The fraction of sp³-hybridized carbons (Fsp3) is 0.216. The predicted octanol–water partition coefficient (Wildman–Crippen LogP) is 8.30. The van der Waals surface area contributed by atoms with Gasteiger partial charge in [0.2, 0.25) is 0 Å². The van der Waals surface area contributed by atoms with Crippen LogP contribution in [-0.4, -0.2) is 28.4 Å². The number of aliphatic hydroxyl groups excluding tert-OH is 1. The number of carbonyl (C=O) groups excluding carboxylic acids is 2. The van der Waals surface area contributed by atoms with Gasteiger partial charge >= 0.3 is 5.91 Å². The molecule has 5 aromatic rings. The molecular weight excluding hydrogens is 584 g/mol. The van der Waals surface area contributed by atoms with Crippen LogP contribution in [-0.2, 0) is 16.2 Å². The molecule has 228 valence electrons. The molecule has 2 heterocycles. The molecule has 45 heavy (non-hydrogen) atoms. The maximum absolute atomic E-state index is 13.8. The Morgan fingerprint density at radius 1 is 0.911 bits per heavy atom. The Kier molecular flexibility index (Phi) is 8.67. The molecule has 1 amide bonds. The zero-order valence-corrected chi connectivity index (χ0v) is 26.3. The number of hydrogen-bond donors (Lipinski definition) is 1. The van der Waals surface area contributed by atoms with Crippen molar-refractivity contribution in [2.45, 2.75) is 46.3 Å². The second kappa shape index (κ2) is 13.0. The van der Waals surface area contributed by atoms with E-state index in [0.29, 0.717) is 41.0 Å². The second-order valence-electron chi connectivity index (χ2n) is 11.2. The molecule has 8 heteroatoms. The first-order chi connectivity index (χ1) is 21.8. The zero-order valence-electron chi connectivity index (χ0n) is 25.4. The number of ketones is 1. The molecule has 0 saturated carbocycles. The number of hydrogen-bond acceptors (Lipinski definition) is 7. The number of Topliss-reactive ketones (excluding diaryl/α,β-unsaturated/α-hetero) is 1.